The van der Waals surface area contributed by atoms with Crippen LogP contribution in [-0.2, 0) is 16.0 Å². The van der Waals surface area contributed by atoms with Crippen LogP contribution in [0, 0.1) is 0 Å². The molecule has 1 saturated heterocycles. The van der Waals surface area contributed by atoms with E-state index >= 15 is 0 Å². The molecule has 1 unspecified atom stereocenters. The van der Waals surface area contributed by atoms with E-state index in [1.54, 1.807) is 0 Å². The molecule has 1 heterocycles. The number of likely N-dealkylation sites (N-methyl/N-ethyl adjacent to an activating group) is 1. The van der Waals surface area contributed by atoms with E-state index < -0.39 is 11.6 Å². The standard InChI is InChI=1S/C13H17NO3.ClH/c1-14-7-8-17-13(10-14,12(15)16)9-11-5-3-2-4-6-11;/h2-6H,7-10H2,1H3,(H,15,16);1H. The van der Waals surface area contributed by atoms with Gasteiger partial charge in [0.1, 0.15) is 0 Å². The van der Waals surface area contributed by atoms with Crippen molar-refractivity contribution in [1.82, 2.24) is 4.90 Å². The van der Waals surface area contributed by atoms with E-state index in [1.807, 2.05) is 42.3 Å². The van der Waals surface area contributed by atoms with Crippen LogP contribution in [0.5, 0.6) is 0 Å². The van der Waals surface area contributed by atoms with Gasteiger partial charge in [-0.2, -0.15) is 0 Å². The highest BCUT2D eigenvalue weighted by atomic mass is 35.5. The maximum atomic E-state index is 11.5. The number of hydrogen-bond donors (Lipinski definition) is 1. The number of benzene rings is 1. The third-order valence-corrected chi connectivity index (χ3v) is 3.10. The Labute approximate surface area is 113 Å². The van der Waals surface area contributed by atoms with Crippen LogP contribution < -0.4 is 0 Å². The molecule has 1 aromatic carbocycles. The van der Waals surface area contributed by atoms with Gasteiger partial charge in [0.15, 0.2) is 5.60 Å². The van der Waals surface area contributed by atoms with Crippen molar-refractivity contribution < 1.29 is 14.6 Å². The van der Waals surface area contributed by atoms with E-state index in [1.165, 1.54) is 0 Å². The molecule has 0 aromatic heterocycles. The molecule has 18 heavy (non-hydrogen) atoms. The Bertz CT molecular complexity index is 398. The lowest BCUT2D eigenvalue weighted by Crippen LogP contribution is -2.56. The summed E-state index contributed by atoms with van der Waals surface area (Å²) in [4.78, 5) is 13.5. The van der Waals surface area contributed by atoms with Crippen LogP contribution >= 0.6 is 12.4 Å². The second-order valence-electron chi connectivity index (χ2n) is 4.55. The fourth-order valence-corrected chi connectivity index (χ4v) is 2.20. The maximum absolute atomic E-state index is 11.5. The average Bonchev–Trinajstić information content (AvgIpc) is 2.30. The number of aliphatic carboxylic acids is 1. The first-order chi connectivity index (χ1) is 8.12. The topological polar surface area (TPSA) is 49.8 Å². The monoisotopic (exact) mass is 271 g/mol. The van der Waals surface area contributed by atoms with Crippen molar-refractivity contribution in [3.8, 4) is 0 Å². The summed E-state index contributed by atoms with van der Waals surface area (Å²) in [5.74, 6) is -0.882. The molecular weight excluding hydrogens is 254 g/mol. The third-order valence-electron chi connectivity index (χ3n) is 3.10. The Morgan fingerprint density at radius 3 is 2.67 bits per heavy atom. The van der Waals surface area contributed by atoms with Crippen molar-refractivity contribution in [1.29, 1.82) is 0 Å². The Hall–Kier alpha value is -1.10. The zero-order chi connectivity index (χ0) is 12.3. The molecule has 0 bridgehead atoms. The van der Waals surface area contributed by atoms with Gasteiger partial charge in [-0.05, 0) is 12.6 Å². The number of hydrogen-bond acceptors (Lipinski definition) is 3. The van der Waals surface area contributed by atoms with Crippen LogP contribution in [0.25, 0.3) is 0 Å². The first kappa shape index (κ1) is 15.0. The fourth-order valence-electron chi connectivity index (χ4n) is 2.20. The van der Waals surface area contributed by atoms with E-state index in [2.05, 4.69) is 0 Å². The molecule has 1 aliphatic heterocycles. The highest BCUT2D eigenvalue weighted by molar-refractivity contribution is 5.85. The van der Waals surface area contributed by atoms with E-state index in [9.17, 15) is 9.90 Å². The van der Waals surface area contributed by atoms with Gasteiger partial charge in [0.05, 0.1) is 6.61 Å². The summed E-state index contributed by atoms with van der Waals surface area (Å²) in [6, 6.07) is 9.62. The van der Waals surface area contributed by atoms with Gasteiger partial charge in [-0.15, -0.1) is 12.4 Å². The number of ether oxygens (including phenoxy) is 1. The molecule has 5 heteroatoms. The summed E-state index contributed by atoms with van der Waals surface area (Å²) in [7, 11) is 1.92. The summed E-state index contributed by atoms with van der Waals surface area (Å²) < 4.78 is 5.56. The van der Waals surface area contributed by atoms with Gasteiger partial charge >= 0.3 is 5.97 Å². The predicted octanol–water partition coefficient (Wildman–Crippen LogP) is 1.44. The average molecular weight is 272 g/mol. The summed E-state index contributed by atoms with van der Waals surface area (Å²) in [5.41, 5.74) is -0.112. The first-order valence-corrected chi connectivity index (χ1v) is 5.72. The van der Waals surface area contributed by atoms with Crippen LogP contribution in [0.1, 0.15) is 5.56 Å². The largest absolute Gasteiger partial charge is 0.479 e. The van der Waals surface area contributed by atoms with E-state index in [0.717, 1.165) is 12.1 Å². The van der Waals surface area contributed by atoms with Crippen LogP contribution in [-0.4, -0.2) is 48.3 Å². The van der Waals surface area contributed by atoms with Gasteiger partial charge in [0.25, 0.3) is 0 Å². The molecule has 1 fully saturated rings. The molecule has 4 nitrogen and oxygen atoms in total. The quantitative estimate of drug-likeness (QED) is 0.904. The number of rotatable bonds is 3. The number of carboxylic acids is 1. The van der Waals surface area contributed by atoms with Gasteiger partial charge in [-0.3, -0.25) is 0 Å². The summed E-state index contributed by atoms with van der Waals surface area (Å²) >= 11 is 0. The minimum absolute atomic E-state index is 0. The summed E-state index contributed by atoms with van der Waals surface area (Å²) in [5, 5.41) is 9.42. The second-order valence-corrected chi connectivity index (χ2v) is 4.55. The Morgan fingerprint density at radius 1 is 1.44 bits per heavy atom. The normalized spacial score (nSPS) is 24.3. The molecule has 0 spiro atoms. The number of morpholine rings is 1. The molecule has 2 rings (SSSR count). The molecule has 1 aromatic rings. The fraction of sp³-hybridized carbons (Fsp3) is 0.462. The number of halogens is 1. The van der Waals surface area contributed by atoms with Gasteiger partial charge in [0.2, 0.25) is 0 Å². The molecular formula is C13H18ClNO3. The van der Waals surface area contributed by atoms with Gasteiger partial charge in [-0.1, -0.05) is 30.3 Å². The SMILES string of the molecule is CN1CCOC(Cc2ccccc2)(C(=O)O)C1.Cl. The van der Waals surface area contributed by atoms with E-state index in [4.69, 9.17) is 4.74 Å². The number of nitrogens with zero attached hydrogens (tertiary/aromatic N) is 1. The maximum Gasteiger partial charge on any atom is 0.337 e. The minimum Gasteiger partial charge on any atom is -0.479 e. The lowest BCUT2D eigenvalue weighted by molar-refractivity contribution is -0.176. The molecule has 0 aliphatic carbocycles. The van der Waals surface area contributed by atoms with Gasteiger partial charge < -0.3 is 14.7 Å². The van der Waals surface area contributed by atoms with Crippen LogP contribution in [0.3, 0.4) is 0 Å². The molecule has 0 amide bonds. The van der Waals surface area contributed by atoms with Gasteiger partial charge in [0, 0.05) is 19.5 Å². The molecule has 0 saturated carbocycles. The van der Waals surface area contributed by atoms with Crippen molar-refractivity contribution in [2.75, 3.05) is 26.7 Å². The van der Waals surface area contributed by atoms with Crippen LogP contribution in [0.4, 0.5) is 0 Å². The van der Waals surface area contributed by atoms with Crippen LogP contribution in [0.2, 0.25) is 0 Å². The van der Waals surface area contributed by atoms with Crippen molar-refractivity contribution in [2.45, 2.75) is 12.0 Å². The zero-order valence-electron chi connectivity index (χ0n) is 10.3. The summed E-state index contributed by atoms with van der Waals surface area (Å²) in [6.07, 6.45) is 0.410. The molecule has 1 aliphatic rings. The number of carbonyl (C=O) groups is 1. The smallest absolute Gasteiger partial charge is 0.337 e. The Kier molecular flexibility index (Phi) is 5.14. The van der Waals surface area contributed by atoms with E-state index in [-0.39, 0.29) is 12.4 Å². The van der Waals surface area contributed by atoms with Crippen LogP contribution in [0.15, 0.2) is 30.3 Å². The third kappa shape index (κ3) is 3.22. The van der Waals surface area contributed by atoms with Crippen molar-refractivity contribution >= 4 is 18.4 Å². The first-order valence-electron chi connectivity index (χ1n) is 5.72. The zero-order valence-corrected chi connectivity index (χ0v) is 11.2. The Morgan fingerprint density at radius 2 is 2.11 bits per heavy atom. The predicted molar refractivity (Wildman–Crippen MR) is 71.2 cm³/mol. The number of carboxylic acid groups (broad SMARTS) is 1. The lowest BCUT2D eigenvalue weighted by Gasteiger charge is -2.38. The summed E-state index contributed by atoms with van der Waals surface area (Å²) in [6.45, 7) is 1.68. The molecule has 1 atom stereocenters. The Balaban J connectivity index is 0.00000162. The van der Waals surface area contributed by atoms with E-state index in [0.29, 0.717) is 19.6 Å². The molecule has 0 radical (unpaired) electrons. The van der Waals surface area contributed by atoms with Crippen molar-refractivity contribution in [2.24, 2.45) is 0 Å². The highest BCUT2D eigenvalue weighted by Crippen LogP contribution is 2.23. The highest BCUT2D eigenvalue weighted by Gasteiger charge is 2.43. The molecule has 100 valence electrons. The molecule has 1 N–H and O–H groups in total. The minimum atomic E-state index is -1.10. The van der Waals surface area contributed by atoms with Crippen molar-refractivity contribution in [3.05, 3.63) is 35.9 Å². The lowest BCUT2D eigenvalue weighted by atomic mass is 9.92. The van der Waals surface area contributed by atoms with Gasteiger partial charge in [-0.25, -0.2) is 4.79 Å². The second kappa shape index (κ2) is 6.18. The van der Waals surface area contributed by atoms with Crippen molar-refractivity contribution in [3.63, 3.8) is 0 Å².